The molecule has 1 atom stereocenters. The number of benzene rings is 2. The van der Waals surface area contributed by atoms with Gasteiger partial charge in [0, 0.05) is 13.0 Å². The summed E-state index contributed by atoms with van der Waals surface area (Å²) in [4.78, 5) is 31.6. The van der Waals surface area contributed by atoms with Crippen LogP contribution in [0.2, 0.25) is 0 Å². The van der Waals surface area contributed by atoms with Gasteiger partial charge in [-0.15, -0.1) is 0 Å². The molecule has 2 aromatic carbocycles. The zero-order valence-corrected chi connectivity index (χ0v) is 17.7. The number of carbonyl (C=O) groups is 2. The Bertz CT molecular complexity index is 790. The predicted octanol–water partition coefficient (Wildman–Crippen LogP) is 3.60. The van der Waals surface area contributed by atoms with Gasteiger partial charge in [-0.1, -0.05) is 60.7 Å². The van der Waals surface area contributed by atoms with Crippen LogP contribution in [0.1, 0.15) is 44.4 Å². The number of hydrogen-bond donors (Lipinski definition) is 2. The van der Waals surface area contributed by atoms with E-state index in [1.165, 1.54) is 4.90 Å². The number of carbonyl (C=O) groups excluding carboxylic acids is 2. The van der Waals surface area contributed by atoms with Crippen LogP contribution in [0.25, 0.3) is 0 Å². The molecule has 0 aliphatic carbocycles. The van der Waals surface area contributed by atoms with Gasteiger partial charge in [0.05, 0.1) is 19.3 Å². The third-order valence-corrected chi connectivity index (χ3v) is 4.21. The molecule has 0 aliphatic rings. The molecule has 7 nitrogen and oxygen atoms in total. The van der Waals surface area contributed by atoms with Crippen molar-refractivity contribution >= 4 is 12.0 Å². The Hall–Kier alpha value is -2.90. The minimum absolute atomic E-state index is 0.00261. The summed E-state index contributed by atoms with van der Waals surface area (Å²) in [5.41, 5.74) is 3.37. The van der Waals surface area contributed by atoms with Crippen molar-refractivity contribution in [2.24, 2.45) is 0 Å². The first kappa shape index (κ1) is 23.4. The van der Waals surface area contributed by atoms with Gasteiger partial charge in [0.1, 0.15) is 5.60 Å². The number of hydroxylamine groups is 1. The van der Waals surface area contributed by atoms with E-state index < -0.39 is 17.7 Å². The van der Waals surface area contributed by atoms with Crippen LogP contribution < -0.4 is 5.48 Å². The minimum atomic E-state index is -0.701. The number of aliphatic hydroxyl groups excluding tert-OH is 1. The highest BCUT2D eigenvalue weighted by molar-refractivity contribution is 5.76. The monoisotopic (exact) mass is 414 g/mol. The minimum Gasteiger partial charge on any atom is -0.444 e. The van der Waals surface area contributed by atoms with Crippen LogP contribution in [-0.2, 0) is 21.0 Å². The fourth-order valence-corrected chi connectivity index (χ4v) is 2.80. The first-order valence-corrected chi connectivity index (χ1v) is 9.90. The smallest absolute Gasteiger partial charge is 0.410 e. The lowest BCUT2D eigenvalue weighted by Gasteiger charge is -2.32. The fraction of sp³-hybridized carbons (Fsp3) is 0.391. The molecule has 0 aliphatic heterocycles. The molecule has 0 spiro atoms. The Morgan fingerprint density at radius 3 is 2.20 bits per heavy atom. The number of ether oxygens (including phenoxy) is 1. The van der Waals surface area contributed by atoms with Crippen molar-refractivity contribution in [3.8, 4) is 0 Å². The Morgan fingerprint density at radius 1 is 1.03 bits per heavy atom. The average molecular weight is 415 g/mol. The van der Waals surface area contributed by atoms with Crippen LogP contribution in [0.3, 0.4) is 0 Å². The quantitative estimate of drug-likeness (QED) is 0.612. The molecule has 0 radical (unpaired) electrons. The SMILES string of the molecule is CC(C)(C)OC(=O)N(CCC(=O)NOCc1ccccc1)C(CO)c1ccccc1. The summed E-state index contributed by atoms with van der Waals surface area (Å²) in [7, 11) is 0. The molecular weight excluding hydrogens is 384 g/mol. The zero-order valence-electron chi connectivity index (χ0n) is 17.7. The number of hydrogen-bond acceptors (Lipinski definition) is 5. The van der Waals surface area contributed by atoms with Gasteiger partial charge in [0.15, 0.2) is 0 Å². The lowest BCUT2D eigenvalue weighted by molar-refractivity contribution is -0.135. The van der Waals surface area contributed by atoms with Crippen LogP contribution in [0.15, 0.2) is 60.7 Å². The first-order valence-electron chi connectivity index (χ1n) is 9.90. The fourth-order valence-electron chi connectivity index (χ4n) is 2.80. The van der Waals surface area contributed by atoms with E-state index in [1.54, 1.807) is 20.8 Å². The molecule has 2 aromatic rings. The van der Waals surface area contributed by atoms with Gasteiger partial charge < -0.3 is 9.84 Å². The van der Waals surface area contributed by atoms with E-state index in [4.69, 9.17) is 9.57 Å². The summed E-state index contributed by atoms with van der Waals surface area (Å²) in [6, 6.07) is 18.0. The predicted molar refractivity (Wildman–Crippen MR) is 113 cm³/mol. The van der Waals surface area contributed by atoms with Gasteiger partial charge in [-0.25, -0.2) is 10.3 Å². The number of nitrogens with zero attached hydrogens (tertiary/aromatic N) is 1. The van der Waals surface area contributed by atoms with Crippen molar-refractivity contribution in [1.29, 1.82) is 0 Å². The van der Waals surface area contributed by atoms with Crippen molar-refractivity contribution in [3.05, 3.63) is 71.8 Å². The van der Waals surface area contributed by atoms with Gasteiger partial charge in [0.25, 0.3) is 0 Å². The maximum absolute atomic E-state index is 12.8. The molecule has 2 amide bonds. The number of aliphatic hydroxyl groups is 1. The van der Waals surface area contributed by atoms with Crippen LogP contribution in [0.4, 0.5) is 4.79 Å². The second kappa shape index (κ2) is 11.3. The van der Waals surface area contributed by atoms with Crippen molar-refractivity contribution < 1.29 is 24.3 Å². The van der Waals surface area contributed by atoms with Crippen molar-refractivity contribution in [2.45, 2.75) is 45.4 Å². The van der Waals surface area contributed by atoms with E-state index >= 15 is 0 Å². The topological polar surface area (TPSA) is 88.1 Å². The molecule has 0 heterocycles. The molecule has 30 heavy (non-hydrogen) atoms. The highest BCUT2D eigenvalue weighted by Gasteiger charge is 2.29. The maximum Gasteiger partial charge on any atom is 0.410 e. The Balaban J connectivity index is 1.99. The van der Waals surface area contributed by atoms with E-state index in [0.29, 0.717) is 0 Å². The molecule has 7 heteroatoms. The molecule has 0 saturated carbocycles. The molecule has 2 rings (SSSR count). The number of amides is 2. The van der Waals surface area contributed by atoms with Crippen LogP contribution >= 0.6 is 0 Å². The molecule has 0 saturated heterocycles. The van der Waals surface area contributed by atoms with Crippen molar-refractivity contribution in [3.63, 3.8) is 0 Å². The van der Waals surface area contributed by atoms with Crippen molar-refractivity contribution in [2.75, 3.05) is 13.2 Å². The van der Waals surface area contributed by atoms with Crippen LogP contribution in [0, 0.1) is 0 Å². The standard InChI is InChI=1S/C23H30N2O5/c1-23(2,3)30-22(28)25(20(16-26)19-12-8-5-9-13-19)15-14-21(27)24-29-17-18-10-6-4-7-11-18/h4-13,20,26H,14-17H2,1-3H3,(H,24,27). The van der Waals surface area contributed by atoms with E-state index in [2.05, 4.69) is 5.48 Å². The Kier molecular flexibility index (Phi) is 8.83. The van der Waals surface area contributed by atoms with E-state index in [-0.39, 0.29) is 32.1 Å². The number of nitrogens with one attached hydrogen (secondary N) is 1. The molecule has 0 bridgehead atoms. The highest BCUT2D eigenvalue weighted by atomic mass is 16.6. The lowest BCUT2D eigenvalue weighted by atomic mass is 10.1. The Morgan fingerprint density at radius 2 is 1.63 bits per heavy atom. The summed E-state index contributed by atoms with van der Waals surface area (Å²) in [5, 5.41) is 9.96. The van der Waals surface area contributed by atoms with E-state index in [9.17, 15) is 14.7 Å². The van der Waals surface area contributed by atoms with Gasteiger partial charge in [0.2, 0.25) is 5.91 Å². The van der Waals surface area contributed by atoms with Gasteiger partial charge in [-0.05, 0) is 31.9 Å². The molecule has 162 valence electrons. The zero-order chi connectivity index (χ0) is 22.0. The molecular formula is C23H30N2O5. The summed E-state index contributed by atoms with van der Waals surface area (Å²) in [6.45, 7) is 5.31. The largest absolute Gasteiger partial charge is 0.444 e. The van der Waals surface area contributed by atoms with Crippen LogP contribution in [0.5, 0.6) is 0 Å². The normalized spacial score (nSPS) is 12.1. The third-order valence-electron chi connectivity index (χ3n) is 4.21. The van der Waals surface area contributed by atoms with Gasteiger partial charge in [-0.3, -0.25) is 14.5 Å². The highest BCUT2D eigenvalue weighted by Crippen LogP contribution is 2.23. The molecule has 2 N–H and O–H groups in total. The Labute approximate surface area is 177 Å². The summed E-state index contributed by atoms with van der Waals surface area (Å²) in [5.74, 6) is -0.371. The molecule has 0 fully saturated rings. The van der Waals surface area contributed by atoms with E-state index in [1.807, 2.05) is 60.7 Å². The summed E-state index contributed by atoms with van der Waals surface area (Å²) >= 11 is 0. The van der Waals surface area contributed by atoms with E-state index in [0.717, 1.165) is 11.1 Å². The summed E-state index contributed by atoms with van der Waals surface area (Å²) in [6.07, 6.45) is -0.597. The lowest BCUT2D eigenvalue weighted by Crippen LogP contribution is -2.42. The summed E-state index contributed by atoms with van der Waals surface area (Å²) < 4.78 is 5.49. The first-order chi connectivity index (χ1) is 14.3. The maximum atomic E-state index is 12.8. The average Bonchev–Trinajstić information content (AvgIpc) is 2.71. The van der Waals surface area contributed by atoms with Gasteiger partial charge in [-0.2, -0.15) is 0 Å². The molecule has 0 aromatic heterocycles. The van der Waals surface area contributed by atoms with Gasteiger partial charge >= 0.3 is 6.09 Å². The second-order valence-corrected chi connectivity index (χ2v) is 7.83. The second-order valence-electron chi connectivity index (χ2n) is 7.83. The van der Waals surface area contributed by atoms with Crippen LogP contribution in [-0.4, -0.2) is 40.8 Å². The van der Waals surface area contributed by atoms with Crippen molar-refractivity contribution in [1.82, 2.24) is 10.4 Å². The number of rotatable bonds is 9. The third kappa shape index (κ3) is 7.85. The molecule has 1 unspecified atom stereocenters.